The first kappa shape index (κ1) is 16.0. The number of likely N-dealkylation sites (tertiary alicyclic amines) is 1. The molecule has 0 bridgehead atoms. The van der Waals surface area contributed by atoms with E-state index >= 15 is 0 Å². The molecule has 1 aliphatic rings. The van der Waals surface area contributed by atoms with Gasteiger partial charge < -0.3 is 5.11 Å². The highest BCUT2D eigenvalue weighted by Crippen LogP contribution is 2.29. The van der Waals surface area contributed by atoms with Gasteiger partial charge in [0.05, 0.1) is 22.0 Å². The third-order valence-electron chi connectivity index (χ3n) is 4.58. The second-order valence-corrected chi connectivity index (χ2v) is 7.02. The highest BCUT2D eigenvalue weighted by atomic mass is 79.9. The van der Waals surface area contributed by atoms with Crippen LogP contribution in [0.2, 0.25) is 0 Å². The Balaban J connectivity index is 2.16. The van der Waals surface area contributed by atoms with Gasteiger partial charge in [-0.25, -0.2) is 0 Å². The van der Waals surface area contributed by atoms with Crippen molar-refractivity contribution in [2.45, 2.75) is 65.1 Å². The maximum Gasteiger partial charge on any atom is 0.0774 e. The molecule has 0 spiro atoms. The fraction of sp³-hybridized carbons (Fsp3) is 0.800. The van der Waals surface area contributed by atoms with Crippen molar-refractivity contribution in [3.8, 4) is 0 Å². The van der Waals surface area contributed by atoms with Gasteiger partial charge in [0.25, 0.3) is 0 Å². The zero-order valence-electron chi connectivity index (χ0n) is 13.0. The summed E-state index contributed by atoms with van der Waals surface area (Å²) in [6.07, 6.45) is 2.73. The Kier molecular flexibility index (Phi) is 4.92. The van der Waals surface area contributed by atoms with Gasteiger partial charge in [0, 0.05) is 18.5 Å². The normalized spacial score (nSPS) is 18.7. The van der Waals surface area contributed by atoms with Crippen molar-refractivity contribution < 1.29 is 5.11 Å². The summed E-state index contributed by atoms with van der Waals surface area (Å²) in [5.74, 6) is 0. The third kappa shape index (κ3) is 2.95. The molecule has 4 nitrogen and oxygen atoms in total. The summed E-state index contributed by atoms with van der Waals surface area (Å²) in [6, 6.07) is 0. The molecule has 1 fully saturated rings. The third-order valence-corrected chi connectivity index (χ3v) is 5.61. The molecule has 2 heterocycles. The van der Waals surface area contributed by atoms with Gasteiger partial charge in [-0.1, -0.05) is 0 Å². The fourth-order valence-electron chi connectivity index (χ4n) is 3.00. The van der Waals surface area contributed by atoms with E-state index in [0.29, 0.717) is 6.42 Å². The van der Waals surface area contributed by atoms with Gasteiger partial charge in [-0.15, -0.1) is 0 Å². The Morgan fingerprint density at radius 1 is 1.35 bits per heavy atom. The summed E-state index contributed by atoms with van der Waals surface area (Å²) in [5.41, 5.74) is 1.91. The number of hydrogen-bond donors (Lipinski definition) is 1. The van der Waals surface area contributed by atoms with Crippen molar-refractivity contribution in [2.75, 3.05) is 13.1 Å². The fourth-order valence-corrected chi connectivity index (χ4v) is 3.45. The van der Waals surface area contributed by atoms with Crippen molar-refractivity contribution >= 4 is 15.9 Å². The van der Waals surface area contributed by atoms with Gasteiger partial charge in [0.15, 0.2) is 0 Å². The van der Waals surface area contributed by atoms with Gasteiger partial charge >= 0.3 is 0 Å². The molecule has 1 unspecified atom stereocenters. The second kappa shape index (κ2) is 6.16. The Morgan fingerprint density at radius 3 is 2.50 bits per heavy atom. The minimum absolute atomic E-state index is 0.188. The molecular formula is C15H26BrN3O. The number of halogens is 1. The molecule has 0 amide bonds. The lowest BCUT2D eigenvalue weighted by Crippen LogP contribution is -2.52. The lowest BCUT2D eigenvalue weighted by atomic mass is 9.91. The minimum atomic E-state index is -0.390. The van der Waals surface area contributed by atoms with E-state index in [-0.39, 0.29) is 5.54 Å². The molecule has 0 aliphatic carbocycles. The Morgan fingerprint density at radius 2 is 1.95 bits per heavy atom. The van der Waals surface area contributed by atoms with E-state index in [4.69, 9.17) is 0 Å². The molecule has 0 aromatic carbocycles. The van der Waals surface area contributed by atoms with Crippen LogP contribution in [0, 0.1) is 6.92 Å². The lowest BCUT2D eigenvalue weighted by molar-refractivity contribution is 0.00221. The number of aromatic nitrogens is 2. The summed E-state index contributed by atoms with van der Waals surface area (Å²) < 4.78 is 3.03. The van der Waals surface area contributed by atoms with Crippen LogP contribution in [-0.2, 0) is 13.0 Å². The van der Waals surface area contributed by atoms with Gasteiger partial charge in [-0.3, -0.25) is 9.58 Å². The van der Waals surface area contributed by atoms with Gasteiger partial charge in [0.2, 0.25) is 0 Å². The van der Waals surface area contributed by atoms with Crippen LogP contribution in [0.15, 0.2) is 4.47 Å². The first-order chi connectivity index (χ1) is 9.37. The summed E-state index contributed by atoms with van der Waals surface area (Å²) >= 11 is 3.61. The Bertz CT molecular complexity index is 464. The topological polar surface area (TPSA) is 41.3 Å². The van der Waals surface area contributed by atoms with E-state index in [0.717, 1.165) is 35.5 Å². The van der Waals surface area contributed by atoms with Crippen LogP contribution >= 0.6 is 15.9 Å². The van der Waals surface area contributed by atoms with Crippen molar-refractivity contribution in [1.29, 1.82) is 0 Å². The predicted molar refractivity (Wildman–Crippen MR) is 84.9 cm³/mol. The number of rotatable bonds is 5. The molecule has 1 aliphatic heterocycles. The molecule has 0 saturated carbocycles. The van der Waals surface area contributed by atoms with Crippen LogP contribution in [0.25, 0.3) is 0 Å². The number of hydrogen-bond acceptors (Lipinski definition) is 3. The predicted octanol–water partition coefficient (Wildman–Crippen LogP) is 2.75. The van der Waals surface area contributed by atoms with E-state index in [9.17, 15) is 5.11 Å². The van der Waals surface area contributed by atoms with Gasteiger partial charge in [-0.05, 0) is 69.6 Å². The van der Waals surface area contributed by atoms with E-state index < -0.39 is 6.10 Å². The number of aryl methyl sites for hydroxylation is 2. The SMILES string of the molecule is CCn1nc(C)c(Br)c1CC(O)C(C)(C)N1CCCC1. The van der Waals surface area contributed by atoms with Crippen LogP contribution in [0.1, 0.15) is 45.0 Å². The van der Waals surface area contributed by atoms with Crippen molar-refractivity contribution in [3.63, 3.8) is 0 Å². The van der Waals surface area contributed by atoms with Gasteiger partial charge in [-0.2, -0.15) is 5.10 Å². The first-order valence-corrected chi connectivity index (χ1v) is 8.32. The zero-order valence-corrected chi connectivity index (χ0v) is 14.6. The van der Waals surface area contributed by atoms with Crippen LogP contribution < -0.4 is 0 Å². The summed E-state index contributed by atoms with van der Waals surface area (Å²) in [5, 5.41) is 15.2. The minimum Gasteiger partial charge on any atom is -0.391 e. The summed E-state index contributed by atoms with van der Waals surface area (Å²) in [7, 11) is 0. The molecule has 2 rings (SSSR count). The molecule has 0 radical (unpaired) electrons. The maximum absolute atomic E-state index is 10.7. The molecule has 20 heavy (non-hydrogen) atoms. The molecule has 1 saturated heterocycles. The lowest BCUT2D eigenvalue weighted by Gasteiger charge is -2.39. The van der Waals surface area contributed by atoms with Crippen LogP contribution in [0.4, 0.5) is 0 Å². The Labute approximate surface area is 130 Å². The summed E-state index contributed by atoms with van der Waals surface area (Å²) in [4.78, 5) is 2.41. The van der Waals surface area contributed by atoms with Crippen LogP contribution in [-0.4, -0.2) is 44.5 Å². The average molecular weight is 344 g/mol. The van der Waals surface area contributed by atoms with E-state index in [2.05, 4.69) is 46.7 Å². The summed E-state index contributed by atoms with van der Waals surface area (Å²) in [6.45, 7) is 11.4. The van der Waals surface area contributed by atoms with E-state index in [1.54, 1.807) is 0 Å². The zero-order chi connectivity index (χ0) is 14.9. The first-order valence-electron chi connectivity index (χ1n) is 7.52. The van der Waals surface area contributed by atoms with Gasteiger partial charge in [0.1, 0.15) is 0 Å². The standard InChI is InChI=1S/C15H26BrN3O/c1-5-19-12(14(16)11(2)17-19)10-13(20)15(3,4)18-8-6-7-9-18/h13,20H,5-10H2,1-4H3. The molecule has 114 valence electrons. The van der Waals surface area contributed by atoms with Crippen LogP contribution in [0.5, 0.6) is 0 Å². The number of nitrogens with zero attached hydrogens (tertiary/aromatic N) is 3. The average Bonchev–Trinajstić information content (AvgIpc) is 3.02. The van der Waals surface area contributed by atoms with Crippen LogP contribution in [0.3, 0.4) is 0 Å². The largest absolute Gasteiger partial charge is 0.391 e. The molecule has 1 aromatic heterocycles. The highest BCUT2D eigenvalue weighted by molar-refractivity contribution is 9.10. The quantitative estimate of drug-likeness (QED) is 0.893. The Hall–Kier alpha value is -0.390. The number of aliphatic hydroxyl groups is 1. The van der Waals surface area contributed by atoms with Crippen molar-refractivity contribution in [2.24, 2.45) is 0 Å². The monoisotopic (exact) mass is 343 g/mol. The molecule has 1 aromatic rings. The molecule has 5 heteroatoms. The smallest absolute Gasteiger partial charge is 0.0774 e. The molecular weight excluding hydrogens is 318 g/mol. The maximum atomic E-state index is 10.7. The molecule has 1 atom stereocenters. The highest BCUT2D eigenvalue weighted by Gasteiger charge is 2.36. The van der Waals surface area contributed by atoms with Crippen molar-refractivity contribution in [1.82, 2.24) is 14.7 Å². The molecule has 1 N–H and O–H groups in total. The van der Waals surface area contributed by atoms with Crippen molar-refractivity contribution in [3.05, 3.63) is 15.9 Å². The van der Waals surface area contributed by atoms with E-state index in [1.807, 2.05) is 11.6 Å². The number of aliphatic hydroxyl groups excluding tert-OH is 1. The van der Waals surface area contributed by atoms with E-state index in [1.165, 1.54) is 12.8 Å². The second-order valence-electron chi connectivity index (χ2n) is 6.23.